The van der Waals surface area contributed by atoms with E-state index in [4.69, 9.17) is 4.74 Å². The van der Waals surface area contributed by atoms with Crippen molar-refractivity contribution in [3.63, 3.8) is 0 Å². The number of fused-ring (bicyclic) bond motifs is 1. The van der Waals surface area contributed by atoms with Crippen LogP contribution in [-0.4, -0.2) is 35.9 Å². The first-order chi connectivity index (χ1) is 14.5. The molecule has 2 amide bonds. The van der Waals surface area contributed by atoms with Crippen LogP contribution in [0.1, 0.15) is 66.4 Å². The van der Waals surface area contributed by atoms with Crippen molar-refractivity contribution in [2.24, 2.45) is 0 Å². The third-order valence-electron chi connectivity index (χ3n) is 5.03. The van der Waals surface area contributed by atoms with Gasteiger partial charge in [-0.25, -0.2) is 9.78 Å². The van der Waals surface area contributed by atoms with Crippen LogP contribution in [0.2, 0.25) is 0 Å². The van der Waals surface area contributed by atoms with Crippen molar-refractivity contribution in [1.29, 1.82) is 0 Å². The SMILES string of the molecule is CCCCCN(C(=O)[C@H]1CC(=O)Nc2ccccc21)c1nc(C)c(C(=O)OCC)s1. The summed E-state index contributed by atoms with van der Waals surface area (Å²) >= 11 is 1.17. The fraction of sp³-hybridized carbons (Fsp3) is 0.455. The van der Waals surface area contributed by atoms with Gasteiger partial charge in [0.15, 0.2) is 5.13 Å². The highest BCUT2D eigenvalue weighted by Crippen LogP contribution is 2.36. The zero-order chi connectivity index (χ0) is 21.7. The first kappa shape index (κ1) is 22.0. The number of anilines is 2. The van der Waals surface area contributed by atoms with Crippen LogP contribution in [0.5, 0.6) is 0 Å². The standard InChI is InChI=1S/C22H27N3O4S/c1-4-6-9-12-25(22-23-14(3)19(30-22)21(28)29-5-2)20(27)16-13-18(26)24-17-11-8-7-10-15(16)17/h7-8,10-11,16H,4-6,9,12-13H2,1-3H3,(H,24,26)/t16-/m0/s1. The van der Waals surface area contributed by atoms with E-state index in [1.165, 1.54) is 11.3 Å². The molecule has 1 aliphatic rings. The van der Waals surface area contributed by atoms with Gasteiger partial charge in [-0.05, 0) is 31.9 Å². The summed E-state index contributed by atoms with van der Waals surface area (Å²) in [6.07, 6.45) is 2.90. The molecule has 3 rings (SSSR count). The number of nitrogens with one attached hydrogen (secondary N) is 1. The van der Waals surface area contributed by atoms with E-state index in [1.54, 1.807) is 24.8 Å². The fourth-order valence-electron chi connectivity index (χ4n) is 3.52. The number of unbranched alkanes of at least 4 members (excludes halogenated alkanes) is 2. The number of benzene rings is 1. The number of ether oxygens (including phenoxy) is 1. The summed E-state index contributed by atoms with van der Waals surface area (Å²) < 4.78 is 5.11. The van der Waals surface area contributed by atoms with Gasteiger partial charge in [-0.1, -0.05) is 49.3 Å². The average molecular weight is 430 g/mol. The highest BCUT2D eigenvalue weighted by molar-refractivity contribution is 7.17. The van der Waals surface area contributed by atoms with Gasteiger partial charge in [0.05, 0.1) is 18.2 Å². The van der Waals surface area contributed by atoms with E-state index in [1.807, 2.05) is 18.2 Å². The molecule has 0 fully saturated rings. The molecule has 0 unspecified atom stereocenters. The van der Waals surface area contributed by atoms with Crippen LogP contribution in [0.15, 0.2) is 24.3 Å². The fourth-order valence-corrected chi connectivity index (χ4v) is 4.52. The third-order valence-corrected chi connectivity index (χ3v) is 6.19. The second kappa shape index (κ2) is 9.84. The van der Waals surface area contributed by atoms with E-state index in [9.17, 15) is 14.4 Å². The number of hydrogen-bond donors (Lipinski definition) is 1. The number of esters is 1. The van der Waals surface area contributed by atoms with E-state index in [0.29, 0.717) is 27.9 Å². The molecule has 7 nitrogen and oxygen atoms in total. The van der Waals surface area contributed by atoms with Gasteiger partial charge in [0.2, 0.25) is 11.8 Å². The Hall–Kier alpha value is -2.74. The first-order valence-electron chi connectivity index (χ1n) is 10.3. The molecule has 8 heteroatoms. The molecular weight excluding hydrogens is 402 g/mol. The van der Waals surface area contributed by atoms with Crippen LogP contribution in [0, 0.1) is 6.92 Å². The molecule has 0 bridgehead atoms. The minimum atomic E-state index is -0.577. The summed E-state index contributed by atoms with van der Waals surface area (Å²) in [5.41, 5.74) is 2.02. The van der Waals surface area contributed by atoms with E-state index < -0.39 is 11.9 Å². The molecule has 1 aromatic carbocycles. The van der Waals surface area contributed by atoms with E-state index in [0.717, 1.165) is 24.8 Å². The summed E-state index contributed by atoms with van der Waals surface area (Å²) in [6.45, 7) is 6.35. The van der Waals surface area contributed by atoms with Crippen molar-refractivity contribution in [2.45, 2.75) is 52.4 Å². The number of rotatable bonds is 8. The van der Waals surface area contributed by atoms with E-state index >= 15 is 0 Å². The molecule has 0 radical (unpaired) electrons. The van der Waals surface area contributed by atoms with Gasteiger partial charge in [0.1, 0.15) is 4.88 Å². The molecule has 2 aromatic rings. The number of carbonyl (C=O) groups is 3. The highest BCUT2D eigenvalue weighted by atomic mass is 32.1. The normalized spacial score (nSPS) is 15.3. The van der Waals surface area contributed by atoms with Crippen LogP contribution < -0.4 is 10.2 Å². The monoisotopic (exact) mass is 429 g/mol. The lowest BCUT2D eigenvalue weighted by Crippen LogP contribution is -2.39. The van der Waals surface area contributed by atoms with Crippen molar-refractivity contribution in [2.75, 3.05) is 23.4 Å². The Bertz CT molecular complexity index is 940. The molecule has 0 saturated heterocycles. The van der Waals surface area contributed by atoms with Gasteiger partial charge in [-0.2, -0.15) is 0 Å². The molecular formula is C22H27N3O4S. The number of hydrogen-bond acceptors (Lipinski definition) is 6. The number of aryl methyl sites for hydroxylation is 1. The van der Waals surface area contributed by atoms with Crippen LogP contribution in [0.25, 0.3) is 0 Å². The molecule has 1 N–H and O–H groups in total. The number of thiazole rings is 1. The zero-order valence-corrected chi connectivity index (χ0v) is 18.4. The molecule has 0 aliphatic carbocycles. The maximum atomic E-state index is 13.6. The maximum Gasteiger partial charge on any atom is 0.350 e. The Balaban J connectivity index is 1.94. The van der Waals surface area contributed by atoms with Gasteiger partial charge < -0.3 is 10.1 Å². The predicted octanol–water partition coefficient (Wildman–Crippen LogP) is 4.28. The van der Waals surface area contributed by atoms with Crippen molar-refractivity contribution < 1.29 is 19.1 Å². The topological polar surface area (TPSA) is 88.6 Å². The Kier molecular flexibility index (Phi) is 7.20. The lowest BCUT2D eigenvalue weighted by atomic mass is 9.89. The summed E-state index contributed by atoms with van der Waals surface area (Å²) in [7, 11) is 0. The lowest BCUT2D eigenvalue weighted by Gasteiger charge is -2.29. The minimum Gasteiger partial charge on any atom is -0.462 e. The number of amides is 2. The molecule has 160 valence electrons. The van der Waals surface area contributed by atoms with Crippen LogP contribution in [0.3, 0.4) is 0 Å². The highest BCUT2D eigenvalue weighted by Gasteiger charge is 2.35. The Morgan fingerprint density at radius 1 is 1.27 bits per heavy atom. The molecule has 0 saturated carbocycles. The molecule has 1 aromatic heterocycles. The predicted molar refractivity (Wildman–Crippen MR) is 117 cm³/mol. The second-order valence-electron chi connectivity index (χ2n) is 7.22. The molecule has 2 heterocycles. The van der Waals surface area contributed by atoms with Crippen molar-refractivity contribution in [3.8, 4) is 0 Å². The molecule has 1 aliphatic heterocycles. The maximum absolute atomic E-state index is 13.6. The van der Waals surface area contributed by atoms with Crippen molar-refractivity contribution in [3.05, 3.63) is 40.4 Å². The smallest absolute Gasteiger partial charge is 0.350 e. The van der Waals surface area contributed by atoms with Crippen molar-refractivity contribution in [1.82, 2.24) is 4.98 Å². The zero-order valence-electron chi connectivity index (χ0n) is 17.6. The Morgan fingerprint density at radius 2 is 2.03 bits per heavy atom. The first-order valence-corrected chi connectivity index (χ1v) is 11.1. The summed E-state index contributed by atoms with van der Waals surface area (Å²) in [5, 5.41) is 3.31. The molecule has 0 spiro atoms. The summed E-state index contributed by atoms with van der Waals surface area (Å²) in [4.78, 5) is 44.6. The largest absolute Gasteiger partial charge is 0.462 e. The van der Waals surface area contributed by atoms with Gasteiger partial charge >= 0.3 is 5.97 Å². The number of para-hydroxylation sites is 1. The number of carbonyl (C=O) groups excluding carboxylic acids is 3. The van der Waals surface area contributed by atoms with Gasteiger partial charge in [0.25, 0.3) is 0 Å². The Labute approximate surface area is 180 Å². The number of aromatic nitrogens is 1. The van der Waals surface area contributed by atoms with Gasteiger partial charge in [0, 0.05) is 18.7 Å². The second-order valence-corrected chi connectivity index (χ2v) is 8.20. The van der Waals surface area contributed by atoms with Crippen LogP contribution in [-0.2, 0) is 14.3 Å². The van der Waals surface area contributed by atoms with Crippen LogP contribution >= 0.6 is 11.3 Å². The average Bonchev–Trinajstić information content (AvgIpc) is 3.11. The molecule has 1 atom stereocenters. The minimum absolute atomic E-state index is 0.0925. The quantitative estimate of drug-likeness (QED) is 0.500. The number of nitrogens with zero attached hydrogens (tertiary/aromatic N) is 2. The van der Waals surface area contributed by atoms with E-state index in [-0.39, 0.29) is 24.8 Å². The van der Waals surface area contributed by atoms with Gasteiger partial charge in [-0.3, -0.25) is 14.5 Å². The van der Waals surface area contributed by atoms with E-state index in [2.05, 4.69) is 17.2 Å². The summed E-state index contributed by atoms with van der Waals surface area (Å²) in [6, 6.07) is 7.38. The third kappa shape index (κ3) is 4.70. The lowest BCUT2D eigenvalue weighted by molar-refractivity contribution is -0.124. The Morgan fingerprint density at radius 3 is 2.77 bits per heavy atom. The molecule has 30 heavy (non-hydrogen) atoms. The van der Waals surface area contributed by atoms with Gasteiger partial charge in [-0.15, -0.1) is 0 Å². The summed E-state index contributed by atoms with van der Waals surface area (Å²) in [5.74, 6) is -1.35. The van der Waals surface area contributed by atoms with Crippen LogP contribution in [0.4, 0.5) is 10.8 Å². The van der Waals surface area contributed by atoms with Crippen molar-refractivity contribution >= 4 is 39.9 Å².